The van der Waals surface area contributed by atoms with E-state index in [1.54, 1.807) is 20.1 Å². The SMILES string of the molecule is CCOC(=O)CN1CCN(CC(O)COc2cc3ncnc(Nc4cccc(Br)c4)c3cc2OC)CC1. The lowest BCUT2D eigenvalue weighted by Crippen LogP contribution is -2.50. The molecule has 1 fully saturated rings. The van der Waals surface area contributed by atoms with Crippen molar-refractivity contribution in [2.24, 2.45) is 0 Å². The summed E-state index contributed by atoms with van der Waals surface area (Å²) >= 11 is 3.48. The van der Waals surface area contributed by atoms with Crippen LogP contribution in [0.3, 0.4) is 0 Å². The smallest absolute Gasteiger partial charge is 0.320 e. The van der Waals surface area contributed by atoms with Gasteiger partial charge < -0.3 is 24.6 Å². The van der Waals surface area contributed by atoms with Gasteiger partial charge in [0.15, 0.2) is 11.5 Å². The fraction of sp³-hybridized carbons (Fsp3) is 0.423. The Balaban J connectivity index is 1.35. The molecular weight excluding hydrogens is 542 g/mol. The Bertz CT molecular complexity index is 1210. The highest BCUT2D eigenvalue weighted by atomic mass is 79.9. The molecule has 1 saturated heterocycles. The zero-order chi connectivity index (χ0) is 26.2. The van der Waals surface area contributed by atoms with Crippen LogP contribution in [0.15, 0.2) is 47.2 Å². The van der Waals surface area contributed by atoms with Crippen molar-refractivity contribution in [1.29, 1.82) is 0 Å². The minimum absolute atomic E-state index is 0.110. The van der Waals surface area contributed by atoms with Crippen LogP contribution in [0.2, 0.25) is 0 Å². The topological polar surface area (TPSA) is 109 Å². The van der Waals surface area contributed by atoms with E-state index in [1.165, 1.54) is 6.33 Å². The van der Waals surface area contributed by atoms with Crippen LogP contribution in [0.1, 0.15) is 6.92 Å². The molecule has 1 unspecified atom stereocenters. The summed E-state index contributed by atoms with van der Waals surface area (Å²) in [4.78, 5) is 24.7. The molecule has 0 saturated carbocycles. The van der Waals surface area contributed by atoms with Crippen LogP contribution in [-0.2, 0) is 9.53 Å². The maximum atomic E-state index is 11.7. The van der Waals surface area contributed by atoms with Crippen LogP contribution >= 0.6 is 15.9 Å². The van der Waals surface area contributed by atoms with Gasteiger partial charge in [-0.15, -0.1) is 0 Å². The molecule has 0 bridgehead atoms. The van der Waals surface area contributed by atoms with Gasteiger partial charge in [0.25, 0.3) is 0 Å². The van der Waals surface area contributed by atoms with Crippen molar-refractivity contribution < 1.29 is 24.1 Å². The summed E-state index contributed by atoms with van der Waals surface area (Å²) in [6, 6.07) is 11.4. The van der Waals surface area contributed by atoms with Gasteiger partial charge in [-0.25, -0.2) is 9.97 Å². The van der Waals surface area contributed by atoms with Gasteiger partial charge in [-0.1, -0.05) is 22.0 Å². The summed E-state index contributed by atoms with van der Waals surface area (Å²) < 4.78 is 17.5. The molecular formula is C26H32BrN5O5. The van der Waals surface area contributed by atoms with E-state index in [1.807, 2.05) is 30.3 Å². The van der Waals surface area contributed by atoms with Crippen molar-refractivity contribution in [3.63, 3.8) is 0 Å². The first-order valence-electron chi connectivity index (χ1n) is 12.2. The molecule has 10 nitrogen and oxygen atoms in total. The van der Waals surface area contributed by atoms with Crippen molar-refractivity contribution in [3.8, 4) is 11.5 Å². The number of carbonyl (C=O) groups excluding carboxylic acids is 1. The number of anilines is 2. The van der Waals surface area contributed by atoms with Crippen molar-refractivity contribution in [3.05, 3.63) is 47.2 Å². The van der Waals surface area contributed by atoms with E-state index in [4.69, 9.17) is 14.2 Å². The molecule has 37 heavy (non-hydrogen) atoms. The summed E-state index contributed by atoms with van der Waals surface area (Å²) in [5, 5.41) is 14.7. The number of halogens is 1. The first kappa shape index (κ1) is 27.1. The van der Waals surface area contributed by atoms with E-state index in [0.29, 0.717) is 42.5 Å². The van der Waals surface area contributed by atoms with E-state index in [-0.39, 0.29) is 12.6 Å². The number of nitrogens with zero attached hydrogens (tertiary/aromatic N) is 4. The number of carbonyl (C=O) groups is 1. The number of piperazine rings is 1. The average Bonchev–Trinajstić information content (AvgIpc) is 2.88. The summed E-state index contributed by atoms with van der Waals surface area (Å²) in [7, 11) is 1.57. The van der Waals surface area contributed by atoms with Crippen LogP contribution in [0.5, 0.6) is 11.5 Å². The summed E-state index contributed by atoms with van der Waals surface area (Å²) in [5.74, 6) is 1.48. The Morgan fingerprint density at radius 2 is 1.92 bits per heavy atom. The number of aliphatic hydroxyl groups excluding tert-OH is 1. The molecule has 0 radical (unpaired) electrons. The Morgan fingerprint density at radius 1 is 1.14 bits per heavy atom. The summed E-state index contributed by atoms with van der Waals surface area (Å²) in [5.41, 5.74) is 1.58. The van der Waals surface area contributed by atoms with Crippen LogP contribution in [0.25, 0.3) is 10.9 Å². The molecule has 3 aromatic rings. The number of benzene rings is 2. The Morgan fingerprint density at radius 3 is 2.65 bits per heavy atom. The van der Waals surface area contributed by atoms with Gasteiger partial charge in [-0.05, 0) is 31.2 Å². The van der Waals surface area contributed by atoms with Crippen molar-refractivity contribution >= 4 is 44.3 Å². The number of β-amino-alcohol motifs (C(OH)–C–C–N with tert-alkyl or cyclic N) is 1. The van der Waals surface area contributed by atoms with Crippen LogP contribution in [0.4, 0.5) is 11.5 Å². The number of methoxy groups -OCH3 is 1. The highest BCUT2D eigenvalue weighted by molar-refractivity contribution is 9.10. The molecule has 1 aliphatic rings. The number of fused-ring (bicyclic) bond motifs is 1. The number of rotatable bonds is 11. The molecule has 4 rings (SSSR count). The quantitative estimate of drug-likeness (QED) is 0.332. The number of hydrogen-bond donors (Lipinski definition) is 2. The predicted octanol–water partition coefficient (Wildman–Crippen LogP) is 3.06. The predicted molar refractivity (Wildman–Crippen MR) is 145 cm³/mol. The minimum Gasteiger partial charge on any atom is -0.493 e. The molecule has 0 amide bonds. The summed E-state index contributed by atoms with van der Waals surface area (Å²) in [6.07, 6.45) is 0.811. The number of aromatic nitrogens is 2. The Kier molecular flexibility index (Phi) is 9.51. The molecule has 1 atom stereocenters. The third-order valence-corrected chi connectivity index (χ3v) is 6.52. The molecule has 2 N–H and O–H groups in total. The van der Waals surface area contributed by atoms with Crippen LogP contribution in [0, 0.1) is 0 Å². The highest BCUT2D eigenvalue weighted by Crippen LogP contribution is 2.35. The second kappa shape index (κ2) is 13.0. The van der Waals surface area contributed by atoms with Gasteiger partial charge in [0, 0.05) is 54.3 Å². The van der Waals surface area contributed by atoms with Crippen molar-refractivity contribution in [2.75, 3.05) is 64.9 Å². The Hall–Kier alpha value is -2.99. The standard InChI is InChI=1S/C26H32BrN5O5/c1-3-36-25(34)15-32-9-7-31(8-10-32)14-20(33)16-37-24-13-22-21(12-23(24)35-2)26(29-17-28-22)30-19-6-4-5-18(27)11-19/h4-6,11-13,17,20,33H,3,7-10,14-16H2,1-2H3,(H,28,29,30). The molecule has 11 heteroatoms. The molecule has 198 valence electrons. The third kappa shape index (κ3) is 7.51. The van der Waals surface area contributed by atoms with Gasteiger partial charge in [0.1, 0.15) is 24.9 Å². The van der Waals surface area contributed by atoms with Gasteiger partial charge in [0.05, 0.1) is 25.8 Å². The van der Waals surface area contributed by atoms with E-state index in [9.17, 15) is 9.90 Å². The first-order chi connectivity index (χ1) is 17.9. The van der Waals surface area contributed by atoms with Crippen molar-refractivity contribution in [1.82, 2.24) is 19.8 Å². The second-order valence-electron chi connectivity index (χ2n) is 8.72. The number of hydrogen-bond acceptors (Lipinski definition) is 10. The molecule has 1 aliphatic heterocycles. The van der Waals surface area contributed by atoms with Crippen LogP contribution < -0.4 is 14.8 Å². The van der Waals surface area contributed by atoms with Crippen molar-refractivity contribution in [2.45, 2.75) is 13.0 Å². The largest absolute Gasteiger partial charge is 0.493 e. The zero-order valence-electron chi connectivity index (χ0n) is 21.0. The lowest BCUT2D eigenvalue weighted by atomic mass is 10.2. The van der Waals surface area contributed by atoms with Crippen LogP contribution in [-0.4, -0.2) is 96.5 Å². The third-order valence-electron chi connectivity index (χ3n) is 6.03. The Labute approximate surface area is 224 Å². The lowest BCUT2D eigenvalue weighted by Gasteiger charge is -2.35. The maximum Gasteiger partial charge on any atom is 0.320 e. The molecule has 2 aromatic carbocycles. The molecule has 2 heterocycles. The second-order valence-corrected chi connectivity index (χ2v) is 9.64. The first-order valence-corrected chi connectivity index (χ1v) is 13.0. The molecule has 1 aromatic heterocycles. The molecule has 0 aliphatic carbocycles. The van der Waals surface area contributed by atoms with E-state index in [2.05, 4.69) is 41.0 Å². The number of nitrogens with one attached hydrogen (secondary N) is 1. The zero-order valence-corrected chi connectivity index (χ0v) is 22.6. The fourth-order valence-corrected chi connectivity index (χ4v) is 4.59. The lowest BCUT2D eigenvalue weighted by molar-refractivity contribution is -0.144. The number of aliphatic hydroxyl groups is 1. The van der Waals surface area contributed by atoms with Gasteiger partial charge in [-0.2, -0.15) is 0 Å². The highest BCUT2D eigenvalue weighted by Gasteiger charge is 2.22. The average molecular weight is 574 g/mol. The maximum absolute atomic E-state index is 11.7. The van der Waals surface area contributed by atoms with Gasteiger partial charge >= 0.3 is 5.97 Å². The van der Waals surface area contributed by atoms with Gasteiger partial charge in [-0.3, -0.25) is 14.6 Å². The van der Waals surface area contributed by atoms with E-state index in [0.717, 1.165) is 41.7 Å². The van der Waals surface area contributed by atoms with Gasteiger partial charge in [0.2, 0.25) is 0 Å². The monoisotopic (exact) mass is 573 g/mol. The number of esters is 1. The number of ether oxygens (including phenoxy) is 3. The normalized spacial score (nSPS) is 15.4. The fourth-order valence-electron chi connectivity index (χ4n) is 4.19. The minimum atomic E-state index is -0.684. The molecule has 0 spiro atoms. The van der Waals surface area contributed by atoms with E-state index < -0.39 is 6.10 Å². The van der Waals surface area contributed by atoms with E-state index >= 15 is 0 Å². The summed E-state index contributed by atoms with van der Waals surface area (Å²) in [6.45, 7) is 6.12.